The number of rotatable bonds is 5. The number of halogens is 2. The number of carbonyl (C=O) groups excluding carboxylic acids is 1. The summed E-state index contributed by atoms with van der Waals surface area (Å²) >= 11 is 9.67. The molecular weight excluding hydrogens is 454 g/mol. The SMILES string of the molecule is O=C1OC(c2ccccc2)=N/C1=C/c1cc(Br)ccc1OCc1ccccc1Cl. The molecule has 4 nitrogen and oxygen atoms in total. The lowest BCUT2D eigenvalue weighted by Crippen LogP contribution is -2.05. The van der Waals surface area contributed by atoms with Gasteiger partial charge in [-0.2, -0.15) is 0 Å². The Morgan fingerprint density at radius 2 is 1.79 bits per heavy atom. The zero-order chi connectivity index (χ0) is 20.2. The zero-order valence-electron chi connectivity index (χ0n) is 15.1. The monoisotopic (exact) mass is 467 g/mol. The summed E-state index contributed by atoms with van der Waals surface area (Å²) in [7, 11) is 0. The first kappa shape index (κ1) is 19.4. The lowest BCUT2D eigenvalue weighted by molar-refractivity contribution is -0.129. The summed E-state index contributed by atoms with van der Waals surface area (Å²) in [5, 5.41) is 0.640. The lowest BCUT2D eigenvalue weighted by atomic mass is 10.1. The Hall–Kier alpha value is -2.89. The molecule has 1 aliphatic rings. The summed E-state index contributed by atoms with van der Waals surface area (Å²) in [6.45, 7) is 0.306. The minimum atomic E-state index is -0.499. The molecule has 0 bridgehead atoms. The highest BCUT2D eigenvalue weighted by Crippen LogP contribution is 2.29. The third-order valence-electron chi connectivity index (χ3n) is 4.25. The fourth-order valence-electron chi connectivity index (χ4n) is 2.80. The van der Waals surface area contributed by atoms with Crippen LogP contribution in [0.15, 0.2) is 88.0 Å². The average molecular weight is 469 g/mol. The number of cyclic esters (lactones) is 1. The average Bonchev–Trinajstić information content (AvgIpc) is 3.09. The number of esters is 1. The van der Waals surface area contributed by atoms with Gasteiger partial charge in [-0.15, -0.1) is 0 Å². The first-order valence-corrected chi connectivity index (χ1v) is 10.0. The van der Waals surface area contributed by atoms with Crippen LogP contribution in [0.1, 0.15) is 16.7 Å². The first-order chi connectivity index (χ1) is 14.1. The Morgan fingerprint density at radius 1 is 1.03 bits per heavy atom. The molecule has 1 heterocycles. The van der Waals surface area contributed by atoms with E-state index in [0.717, 1.165) is 15.6 Å². The fourth-order valence-corrected chi connectivity index (χ4v) is 3.36. The van der Waals surface area contributed by atoms with Crippen molar-refractivity contribution >= 4 is 45.5 Å². The van der Waals surface area contributed by atoms with Gasteiger partial charge in [0.15, 0.2) is 5.70 Å². The quantitative estimate of drug-likeness (QED) is 0.339. The third-order valence-corrected chi connectivity index (χ3v) is 5.11. The van der Waals surface area contributed by atoms with Gasteiger partial charge in [0.05, 0.1) is 0 Å². The van der Waals surface area contributed by atoms with Crippen molar-refractivity contribution in [3.05, 3.63) is 105 Å². The minimum absolute atomic E-state index is 0.213. The molecule has 0 fully saturated rings. The summed E-state index contributed by atoms with van der Waals surface area (Å²) in [5.74, 6) is 0.396. The van der Waals surface area contributed by atoms with E-state index in [1.807, 2.05) is 72.8 Å². The van der Waals surface area contributed by atoms with E-state index in [1.54, 1.807) is 6.08 Å². The van der Waals surface area contributed by atoms with E-state index >= 15 is 0 Å². The summed E-state index contributed by atoms with van der Waals surface area (Å²) < 4.78 is 12.1. The van der Waals surface area contributed by atoms with Crippen LogP contribution < -0.4 is 4.74 Å². The number of carbonyl (C=O) groups is 1. The van der Waals surface area contributed by atoms with Crippen LogP contribution in [0.2, 0.25) is 5.02 Å². The smallest absolute Gasteiger partial charge is 0.363 e. The molecular formula is C23H15BrClNO3. The van der Waals surface area contributed by atoms with E-state index in [2.05, 4.69) is 20.9 Å². The topological polar surface area (TPSA) is 47.9 Å². The second kappa shape index (κ2) is 8.64. The molecule has 0 radical (unpaired) electrons. The van der Waals surface area contributed by atoms with Crippen molar-refractivity contribution in [1.82, 2.24) is 0 Å². The van der Waals surface area contributed by atoms with E-state index in [1.165, 1.54) is 0 Å². The Kier molecular flexibility index (Phi) is 5.79. The highest BCUT2D eigenvalue weighted by molar-refractivity contribution is 9.10. The maximum atomic E-state index is 12.3. The van der Waals surface area contributed by atoms with Crippen molar-refractivity contribution in [2.75, 3.05) is 0 Å². The van der Waals surface area contributed by atoms with Gasteiger partial charge < -0.3 is 9.47 Å². The molecule has 3 aromatic rings. The van der Waals surface area contributed by atoms with E-state index < -0.39 is 5.97 Å². The molecule has 0 spiro atoms. The van der Waals surface area contributed by atoms with E-state index in [4.69, 9.17) is 21.1 Å². The first-order valence-electron chi connectivity index (χ1n) is 8.84. The molecule has 0 unspecified atom stereocenters. The van der Waals surface area contributed by atoms with Gasteiger partial charge in [0, 0.05) is 26.2 Å². The van der Waals surface area contributed by atoms with Crippen LogP contribution >= 0.6 is 27.5 Å². The zero-order valence-corrected chi connectivity index (χ0v) is 17.5. The van der Waals surface area contributed by atoms with Gasteiger partial charge in [0.1, 0.15) is 12.4 Å². The van der Waals surface area contributed by atoms with Crippen molar-refractivity contribution in [2.24, 2.45) is 4.99 Å². The van der Waals surface area contributed by atoms with Crippen molar-refractivity contribution in [3.63, 3.8) is 0 Å². The molecule has 144 valence electrons. The van der Waals surface area contributed by atoms with E-state index in [0.29, 0.717) is 22.9 Å². The predicted molar refractivity (Wildman–Crippen MR) is 117 cm³/mol. The number of hydrogen-bond acceptors (Lipinski definition) is 4. The Bertz CT molecular complexity index is 1130. The van der Waals surface area contributed by atoms with E-state index in [-0.39, 0.29) is 11.6 Å². The molecule has 0 atom stereocenters. The van der Waals surface area contributed by atoms with Crippen molar-refractivity contribution < 1.29 is 14.3 Å². The van der Waals surface area contributed by atoms with Gasteiger partial charge in [-0.25, -0.2) is 9.79 Å². The highest BCUT2D eigenvalue weighted by Gasteiger charge is 2.24. The van der Waals surface area contributed by atoms with Gasteiger partial charge >= 0.3 is 5.97 Å². The summed E-state index contributed by atoms with van der Waals surface area (Å²) in [4.78, 5) is 16.7. The number of benzene rings is 3. The number of nitrogens with zero attached hydrogens (tertiary/aromatic N) is 1. The summed E-state index contributed by atoms with van der Waals surface area (Å²) in [6.07, 6.45) is 1.66. The van der Waals surface area contributed by atoms with Gasteiger partial charge in [-0.05, 0) is 42.5 Å². The third kappa shape index (κ3) is 4.58. The summed E-state index contributed by atoms with van der Waals surface area (Å²) in [5.41, 5.74) is 2.54. The van der Waals surface area contributed by atoms with Gasteiger partial charge in [-0.3, -0.25) is 0 Å². The number of aliphatic imine (C=N–C) groups is 1. The largest absolute Gasteiger partial charge is 0.488 e. The normalized spacial score (nSPS) is 14.6. The maximum Gasteiger partial charge on any atom is 0.363 e. The molecule has 29 heavy (non-hydrogen) atoms. The van der Waals surface area contributed by atoms with Crippen LogP contribution in [-0.2, 0) is 16.1 Å². The number of ether oxygens (including phenoxy) is 2. The molecule has 1 aliphatic heterocycles. The maximum absolute atomic E-state index is 12.3. The molecule has 0 amide bonds. The molecule has 4 rings (SSSR count). The van der Waals surface area contributed by atoms with E-state index in [9.17, 15) is 4.79 Å². The second-order valence-electron chi connectivity index (χ2n) is 6.26. The van der Waals surface area contributed by atoms with Crippen LogP contribution in [0.5, 0.6) is 5.75 Å². The van der Waals surface area contributed by atoms with Crippen LogP contribution in [0.4, 0.5) is 0 Å². The minimum Gasteiger partial charge on any atom is -0.488 e. The van der Waals surface area contributed by atoms with Crippen molar-refractivity contribution in [2.45, 2.75) is 6.61 Å². The summed E-state index contributed by atoms with van der Waals surface area (Å²) in [6, 6.07) is 22.4. The Balaban J connectivity index is 1.63. The highest BCUT2D eigenvalue weighted by atomic mass is 79.9. The van der Waals surface area contributed by atoms with Gasteiger partial charge in [0.2, 0.25) is 5.90 Å². The standard InChI is InChI=1S/C23H15BrClNO3/c24-18-10-11-21(28-14-16-8-4-5-9-19(16)25)17(12-18)13-20-23(27)29-22(26-20)15-6-2-1-3-7-15/h1-13H,14H2/b20-13+. The molecule has 0 aromatic heterocycles. The molecule has 0 N–H and O–H groups in total. The van der Waals surface area contributed by atoms with Crippen LogP contribution in [0, 0.1) is 0 Å². The van der Waals surface area contributed by atoms with Crippen LogP contribution in [0.25, 0.3) is 6.08 Å². The van der Waals surface area contributed by atoms with Crippen molar-refractivity contribution in [3.8, 4) is 5.75 Å². The van der Waals surface area contributed by atoms with Crippen LogP contribution in [-0.4, -0.2) is 11.9 Å². The predicted octanol–water partition coefficient (Wildman–Crippen LogP) is 6.03. The van der Waals surface area contributed by atoms with Crippen LogP contribution in [0.3, 0.4) is 0 Å². The van der Waals surface area contributed by atoms with Gasteiger partial charge in [-0.1, -0.05) is 63.9 Å². The number of hydrogen-bond donors (Lipinski definition) is 0. The van der Waals surface area contributed by atoms with Gasteiger partial charge in [0.25, 0.3) is 0 Å². The Morgan fingerprint density at radius 3 is 2.59 bits per heavy atom. The van der Waals surface area contributed by atoms with Crippen molar-refractivity contribution in [1.29, 1.82) is 0 Å². The fraction of sp³-hybridized carbons (Fsp3) is 0.0435. The lowest BCUT2D eigenvalue weighted by Gasteiger charge is -2.11. The molecule has 3 aromatic carbocycles. The second-order valence-corrected chi connectivity index (χ2v) is 7.59. The molecule has 0 aliphatic carbocycles. The molecule has 0 saturated heterocycles. The Labute approximate surface area is 181 Å². The molecule has 0 saturated carbocycles. The molecule has 6 heteroatoms.